The van der Waals surface area contributed by atoms with Crippen molar-refractivity contribution in [2.45, 2.75) is 24.7 Å². The fourth-order valence-corrected chi connectivity index (χ4v) is 3.34. The molecule has 0 unspecified atom stereocenters. The normalized spacial score (nSPS) is 26.6. The van der Waals surface area contributed by atoms with Gasteiger partial charge in [0.05, 0.1) is 10.8 Å². The molecule has 1 heterocycles. The summed E-state index contributed by atoms with van der Waals surface area (Å²) in [6.45, 7) is 2.04. The molecule has 0 N–H and O–H groups in total. The quantitative estimate of drug-likeness (QED) is 0.675. The minimum absolute atomic E-state index is 0.131. The maximum atomic E-state index is 11.9. The van der Waals surface area contributed by atoms with Gasteiger partial charge in [0.2, 0.25) is 0 Å². The summed E-state index contributed by atoms with van der Waals surface area (Å²) in [5, 5.41) is 0. The lowest BCUT2D eigenvalue weighted by atomic mass is 9.97. The van der Waals surface area contributed by atoms with E-state index in [2.05, 4.69) is 0 Å². The van der Waals surface area contributed by atoms with Crippen molar-refractivity contribution in [2.24, 2.45) is 5.92 Å². The highest BCUT2D eigenvalue weighted by molar-refractivity contribution is 7.85. The van der Waals surface area contributed by atoms with E-state index in [1.165, 1.54) is 0 Å². The molecule has 80 valence electrons. The second kappa shape index (κ2) is 4.27. The zero-order valence-electron chi connectivity index (χ0n) is 8.73. The lowest BCUT2D eigenvalue weighted by molar-refractivity contribution is 0.0960. The van der Waals surface area contributed by atoms with E-state index in [1.54, 1.807) is 12.1 Å². The maximum Gasteiger partial charge on any atom is 0.164 e. The summed E-state index contributed by atoms with van der Waals surface area (Å²) >= 11 is 0. The number of rotatable bonds is 0. The summed E-state index contributed by atoms with van der Waals surface area (Å²) < 4.78 is 11.9. The number of carbonyl (C=O) groups is 1. The largest absolute Gasteiger partial charge is 0.294 e. The van der Waals surface area contributed by atoms with Gasteiger partial charge in [-0.25, -0.2) is 0 Å². The molecule has 0 radical (unpaired) electrons. The lowest BCUT2D eigenvalue weighted by Crippen LogP contribution is -2.16. The van der Waals surface area contributed by atoms with Gasteiger partial charge in [-0.3, -0.25) is 9.00 Å². The standard InChI is InChI=1S/C12H14O2S/c1-9-6-7-15(14)12-5-3-2-4-10(12)11(13)8-9/h2-5,9H,6-8H2,1H3/t9-,15-/m1/s1. The molecule has 1 aliphatic heterocycles. The van der Waals surface area contributed by atoms with Gasteiger partial charge >= 0.3 is 0 Å². The van der Waals surface area contributed by atoms with Crippen LogP contribution in [0.2, 0.25) is 0 Å². The van der Waals surface area contributed by atoms with E-state index < -0.39 is 10.8 Å². The molecule has 1 aromatic rings. The highest BCUT2D eigenvalue weighted by Gasteiger charge is 2.21. The van der Waals surface area contributed by atoms with Crippen molar-refractivity contribution in [1.29, 1.82) is 0 Å². The van der Waals surface area contributed by atoms with Gasteiger partial charge in [0.15, 0.2) is 5.78 Å². The maximum absolute atomic E-state index is 11.9. The number of Topliss-reactive ketones (excluding diaryl/α,β-unsaturated/α-hetero) is 1. The summed E-state index contributed by atoms with van der Waals surface area (Å²) in [5.41, 5.74) is 0.655. The molecule has 1 aliphatic rings. The molecule has 0 saturated carbocycles. The van der Waals surface area contributed by atoms with Crippen molar-refractivity contribution in [2.75, 3.05) is 5.75 Å². The Balaban J connectivity index is 2.46. The Bertz CT molecular complexity index is 412. The van der Waals surface area contributed by atoms with Crippen molar-refractivity contribution >= 4 is 16.6 Å². The van der Waals surface area contributed by atoms with Crippen LogP contribution < -0.4 is 0 Å². The van der Waals surface area contributed by atoms with Crippen LogP contribution in [-0.4, -0.2) is 15.7 Å². The summed E-state index contributed by atoms with van der Waals surface area (Å²) in [6, 6.07) is 7.27. The van der Waals surface area contributed by atoms with Crippen LogP contribution in [0.25, 0.3) is 0 Å². The molecule has 0 amide bonds. The minimum Gasteiger partial charge on any atom is -0.294 e. The molecule has 2 atom stereocenters. The molecular weight excluding hydrogens is 208 g/mol. The van der Waals surface area contributed by atoms with Gasteiger partial charge in [-0.15, -0.1) is 0 Å². The Labute approximate surface area is 92.2 Å². The van der Waals surface area contributed by atoms with Crippen LogP contribution in [-0.2, 0) is 10.8 Å². The molecule has 3 heteroatoms. The fourth-order valence-electron chi connectivity index (χ4n) is 1.84. The number of ketones is 1. The number of hydrogen-bond acceptors (Lipinski definition) is 2. The third-order valence-electron chi connectivity index (χ3n) is 2.76. The molecule has 0 aliphatic carbocycles. The van der Waals surface area contributed by atoms with E-state index in [0.29, 0.717) is 23.7 Å². The van der Waals surface area contributed by atoms with E-state index in [1.807, 2.05) is 19.1 Å². The van der Waals surface area contributed by atoms with Crippen LogP contribution in [0, 0.1) is 5.92 Å². The van der Waals surface area contributed by atoms with Gasteiger partial charge in [-0.1, -0.05) is 25.1 Å². The van der Waals surface area contributed by atoms with Crippen LogP contribution in [0.5, 0.6) is 0 Å². The van der Waals surface area contributed by atoms with Gasteiger partial charge in [0, 0.05) is 22.6 Å². The molecule has 2 nitrogen and oxygen atoms in total. The molecule has 0 bridgehead atoms. The first-order chi connectivity index (χ1) is 7.18. The van der Waals surface area contributed by atoms with Crippen LogP contribution in [0.15, 0.2) is 29.2 Å². The van der Waals surface area contributed by atoms with Crippen LogP contribution in [0.1, 0.15) is 30.1 Å². The van der Waals surface area contributed by atoms with Crippen molar-refractivity contribution in [3.8, 4) is 0 Å². The van der Waals surface area contributed by atoms with E-state index in [4.69, 9.17) is 0 Å². The van der Waals surface area contributed by atoms with E-state index in [0.717, 1.165) is 11.3 Å². The lowest BCUT2D eigenvalue weighted by Gasteiger charge is -2.16. The highest BCUT2D eigenvalue weighted by Crippen LogP contribution is 2.23. The summed E-state index contributed by atoms with van der Waals surface area (Å²) in [7, 11) is -1.01. The van der Waals surface area contributed by atoms with Crippen molar-refractivity contribution in [3.63, 3.8) is 0 Å². The van der Waals surface area contributed by atoms with Crippen molar-refractivity contribution < 1.29 is 9.00 Å². The Kier molecular flexibility index (Phi) is 3.00. The van der Waals surface area contributed by atoms with Crippen molar-refractivity contribution in [1.82, 2.24) is 0 Å². The minimum atomic E-state index is -1.01. The summed E-state index contributed by atoms with van der Waals surface area (Å²) in [4.78, 5) is 12.6. The summed E-state index contributed by atoms with van der Waals surface area (Å²) in [6.07, 6.45) is 1.45. The Morgan fingerprint density at radius 2 is 2.07 bits per heavy atom. The zero-order valence-corrected chi connectivity index (χ0v) is 9.55. The first kappa shape index (κ1) is 10.6. The second-order valence-corrected chi connectivity index (χ2v) is 5.61. The number of hydrogen-bond donors (Lipinski definition) is 0. The number of benzene rings is 1. The monoisotopic (exact) mass is 222 g/mol. The van der Waals surface area contributed by atoms with E-state index in [9.17, 15) is 9.00 Å². The molecule has 0 aromatic heterocycles. The molecule has 0 fully saturated rings. The van der Waals surface area contributed by atoms with Gasteiger partial charge in [-0.05, 0) is 18.4 Å². The third-order valence-corrected chi connectivity index (χ3v) is 4.22. The predicted octanol–water partition coefficient (Wildman–Crippen LogP) is 2.41. The molecular formula is C12H14O2S. The molecule has 0 spiro atoms. The number of fused-ring (bicyclic) bond motifs is 1. The SMILES string of the molecule is C[C@@H]1CC[S@@](=O)c2ccccc2C(=O)C1. The molecule has 1 aromatic carbocycles. The van der Waals surface area contributed by atoms with Gasteiger partial charge < -0.3 is 0 Å². The summed E-state index contributed by atoms with van der Waals surface area (Å²) in [5.74, 6) is 1.15. The van der Waals surface area contributed by atoms with E-state index in [-0.39, 0.29) is 5.78 Å². The van der Waals surface area contributed by atoms with Crippen molar-refractivity contribution in [3.05, 3.63) is 29.8 Å². The Morgan fingerprint density at radius 3 is 2.87 bits per heavy atom. The average molecular weight is 222 g/mol. The third kappa shape index (κ3) is 2.17. The molecule has 2 rings (SSSR count). The van der Waals surface area contributed by atoms with E-state index >= 15 is 0 Å². The Hall–Kier alpha value is -0.960. The van der Waals surface area contributed by atoms with Crippen LogP contribution >= 0.6 is 0 Å². The zero-order chi connectivity index (χ0) is 10.8. The number of carbonyl (C=O) groups excluding carboxylic acids is 1. The molecule has 15 heavy (non-hydrogen) atoms. The van der Waals surface area contributed by atoms with Gasteiger partial charge in [-0.2, -0.15) is 0 Å². The van der Waals surface area contributed by atoms with Crippen LogP contribution in [0.4, 0.5) is 0 Å². The fraction of sp³-hybridized carbons (Fsp3) is 0.417. The molecule has 0 saturated heterocycles. The first-order valence-corrected chi connectivity index (χ1v) is 6.51. The second-order valence-electron chi connectivity index (χ2n) is 4.07. The van der Waals surface area contributed by atoms with Gasteiger partial charge in [0.25, 0.3) is 0 Å². The average Bonchev–Trinajstić information content (AvgIpc) is 2.24. The highest BCUT2D eigenvalue weighted by atomic mass is 32.2. The smallest absolute Gasteiger partial charge is 0.164 e. The van der Waals surface area contributed by atoms with Gasteiger partial charge in [0.1, 0.15) is 0 Å². The predicted molar refractivity (Wildman–Crippen MR) is 60.4 cm³/mol. The van der Waals surface area contributed by atoms with Crippen LogP contribution in [0.3, 0.4) is 0 Å². The topological polar surface area (TPSA) is 34.1 Å². The Morgan fingerprint density at radius 1 is 1.33 bits per heavy atom. The first-order valence-electron chi connectivity index (χ1n) is 5.19.